The highest BCUT2D eigenvalue weighted by Crippen LogP contribution is 2.66. The minimum absolute atomic E-state index is 0.0601. The number of fused-ring (bicyclic) bond motifs is 2. The van der Waals surface area contributed by atoms with Crippen molar-refractivity contribution in [2.45, 2.75) is 136 Å². The lowest BCUT2D eigenvalue weighted by atomic mass is 9.70. The Hall–Kier alpha value is -4.04. The molecule has 1 aliphatic heterocycles. The number of aromatic nitrogens is 3. The number of nitrogens with zero attached hydrogens (tertiary/aromatic N) is 3. The smallest absolute Gasteiger partial charge is 0.459 e. The Morgan fingerprint density at radius 3 is 2.16 bits per heavy atom. The van der Waals surface area contributed by atoms with Gasteiger partial charge in [-0.1, -0.05) is 74.4 Å². The number of esters is 3. The topological polar surface area (TPSA) is 192 Å². The molecule has 0 amide bonds. The number of anilines is 1. The number of benzene rings is 1. The standard InChI is InChI=1S/C39H54N5O10P/c1-21(2)32(45)50-35-38(11,28-17-16-27-31(40)41-20-42-44(27)28)51-29-30(39(29,35)52-33(46)22(3)4)54-55(48,53-25-14-12-24(13-15-25)36(6,7)8)43-23(5)34(47)49-26-18-37(9,10)19-26/h12-17,20-23,26,29-30,35H,18-19H2,1-11H3,(H,43,48)(H2,40,41,42). The Kier molecular flexibility index (Phi) is 10.5. The number of nitrogen functional groups attached to an aromatic ring is 1. The van der Waals surface area contributed by atoms with Gasteiger partial charge in [-0.05, 0) is 67.3 Å². The zero-order valence-corrected chi connectivity index (χ0v) is 34.3. The summed E-state index contributed by atoms with van der Waals surface area (Å²) < 4.78 is 53.9. The van der Waals surface area contributed by atoms with Crippen LogP contribution < -0.4 is 15.3 Å². The van der Waals surface area contributed by atoms with Crippen LogP contribution >= 0.6 is 7.75 Å². The second-order valence-electron chi connectivity index (χ2n) is 17.6. The van der Waals surface area contributed by atoms with Crippen LogP contribution in [0.3, 0.4) is 0 Å². The molecule has 0 radical (unpaired) electrons. The molecule has 55 heavy (non-hydrogen) atoms. The Morgan fingerprint density at radius 1 is 0.945 bits per heavy atom. The first kappa shape index (κ1) is 40.6. The van der Waals surface area contributed by atoms with E-state index in [4.69, 9.17) is 33.7 Å². The maximum atomic E-state index is 15.0. The molecule has 7 atom stereocenters. The molecule has 2 saturated carbocycles. The van der Waals surface area contributed by atoms with E-state index in [-0.39, 0.29) is 28.5 Å². The van der Waals surface area contributed by atoms with Gasteiger partial charge in [-0.15, -0.1) is 0 Å². The molecule has 0 spiro atoms. The molecule has 3 heterocycles. The van der Waals surface area contributed by atoms with E-state index in [1.165, 1.54) is 17.8 Å². The second-order valence-corrected chi connectivity index (χ2v) is 19.2. The number of ether oxygens (including phenoxy) is 4. The summed E-state index contributed by atoms with van der Waals surface area (Å²) in [4.78, 5) is 44.4. The zero-order chi connectivity index (χ0) is 40.5. The average molecular weight is 784 g/mol. The molecule has 16 heteroatoms. The first-order valence-corrected chi connectivity index (χ1v) is 20.3. The van der Waals surface area contributed by atoms with E-state index < -0.39 is 73.0 Å². The van der Waals surface area contributed by atoms with Gasteiger partial charge in [0.05, 0.1) is 17.5 Å². The van der Waals surface area contributed by atoms with E-state index in [2.05, 4.69) is 49.8 Å². The zero-order valence-electron chi connectivity index (χ0n) is 33.4. The van der Waals surface area contributed by atoms with Crippen molar-refractivity contribution in [1.29, 1.82) is 0 Å². The van der Waals surface area contributed by atoms with Crippen molar-refractivity contribution in [3.05, 3.63) is 54.0 Å². The van der Waals surface area contributed by atoms with E-state index >= 15 is 4.57 Å². The van der Waals surface area contributed by atoms with E-state index in [1.54, 1.807) is 58.9 Å². The molecule has 2 aromatic heterocycles. The molecule has 6 rings (SSSR count). The molecule has 7 unspecified atom stereocenters. The molecule has 3 fully saturated rings. The van der Waals surface area contributed by atoms with Crippen molar-refractivity contribution < 1.29 is 46.9 Å². The molecule has 15 nitrogen and oxygen atoms in total. The average Bonchev–Trinajstić information content (AvgIpc) is 3.33. The predicted molar refractivity (Wildman–Crippen MR) is 202 cm³/mol. The van der Waals surface area contributed by atoms with Crippen LogP contribution in [0.5, 0.6) is 5.75 Å². The number of rotatable bonds is 13. The quantitative estimate of drug-likeness (QED) is 0.116. The Bertz CT molecular complexity index is 2000. The fourth-order valence-electron chi connectivity index (χ4n) is 7.31. The third kappa shape index (κ3) is 7.73. The highest BCUT2D eigenvalue weighted by molar-refractivity contribution is 7.52. The van der Waals surface area contributed by atoms with Crippen LogP contribution in [0.1, 0.15) is 100 Å². The highest BCUT2D eigenvalue weighted by Gasteiger charge is 2.87. The summed E-state index contributed by atoms with van der Waals surface area (Å²) in [6, 6.07) is 9.28. The van der Waals surface area contributed by atoms with Gasteiger partial charge >= 0.3 is 25.7 Å². The monoisotopic (exact) mass is 783 g/mol. The van der Waals surface area contributed by atoms with Gasteiger partial charge < -0.3 is 29.2 Å². The van der Waals surface area contributed by atoms with Crippen molar-refractivity contribution in [3.8, 4) is 5.75 Å². The van der Waals surface area contributed by atoms with Gasteiger partial charge in [-0.25, -0.2) is 14.1 Å². The maximum absolute atomic E-state index is 15.0. The second kappa shape index (κ2) is 14.2. The Labute approximate surface area is 321 Å². The fraction of sp³-hybridized carbons (Fsp3) is 0.615. The van der Waals surface area contributed by atoms with E-state index in [1.807, 2.05) is 12.1 Å². The summed E-state index contributed by atoms with van der Waals surface area (Å²) in [5, 5.41) is 7.14. The molecule has 2 aliphatic carbocycles. The van der Waals surface area contributed by atoms with Crippen molar-refractivity contribution in [2.24, 2.45) is 17.3 Å². The van der Waals surface area contributed by atoms with E-state index in [9.17, 15) is 14.4 Å². The Balaban J connectivity index is 1.38. The Morgan fingerprint density at radius 2 is 1.58 bits per heavy atom. The minimum Gasteiger partial charge on any atom is -0.461 e. The van der Waals surface area contributed by atoms with Gasteiger partial charge in [-0.2, -0.15) is 10.2 Å². The van der Waals surface area contributed by atoms with Gasteiger partial charge in [0.1, 0.15) is 47.5 Å². The number of carbonyl (C=O) groups is 3. The molecule has 3 N–H and O–H groups in total. The largest absolute Gasteiger partial charge is 0.461 e. The van der Waals surface area contributed by atoms with Crippen LogP contribution in [0.15, 0.2) is 42.7 Å². The first-order valence-electron chi connectivity index (χ1n) is 18.8. The number of hydrogen-bond donors (Lipinski definition) is 2. The van der Waals surface area contributed by atoms with Crippen LogP contribution in [0.25, 0.3) is 5.52 Å². The summed E-state index contributed by atoms with van der Waals surface area (Å²) >= 11 is 0. The molecule has 0 bridgehead atoms. The molecular weight excluding hydrogens is 729 g/mol. The van der Waals surface area contributed by atoms with Crippen LogP contribution in [-0.4, -0.2) is 68.6 Å². The van der Waals surface area contributed by atoms with Crippen molar-refractivity contribution >= 4 is 37.0 Å². The van der Waals surface area contributed by atoms with Gasteiger partial charge in [0.25, 0.3) is 0 Å². The molecular formula is C39H54N5O10P. The molecule has 1 saturated heterocycles. The van der Waals surface area contributed by atoms with Crippen LogP contribution in [0, 0.1) is 17.3 Å². The van der Waals surface area contributed by atoms with Crippen LogP contribution in [0.2, 0.25) is 0 Å². The van der Waals surface area contributed by atoms with Crippen LogP contribution in [0.4, 0.5) is 5.82 Å². The van der Waals surface area contributed by atoms with E-state index in [0.717, 1.165) is 5.56 Å². The van der Waals surface area contributed by atoms with Gasteiger partial charge in [0, 0.05) is 0 Å². The molecule has 300 valence electrons. The summed E-state index contributed by atoms with van der Waals surface area (Å²) in [7, 11) is -4.56. The lowest BCUT2D eigenvalue weighted by molar-refractivity contribution is -0.192. The summed E-state index contributed by atoms with van der Waals surface area (Å²) in [5.41, 5.74) is 4.66. The number of hydrogen-bond acceptors (Lipinski definition) is 13. The third-order valence-corrected chi connectivity index (χ3v) is 12.2. The number of nitrogens with one attached hydrogen (secondary N) is 1. The summed E-state index contributed by atoms with van der Waals surface area (Å²) in [6.07, 6.45) is -1.33. The molecule has 3 aliphatic rings. The molecule has 3 aromatic rings. The van der Waals surface area contributed by atoms with Gasteiger partial charge in [-0.3, -0.25) is 18.9 Å². The first-order chi connectivity index (χ1) is 25.5. The molecule has 1 aromatic carbocycles. The lowest BCUT2D eigenvalue weighted by Gasteiger charge is -2.42. The summed E-state index contributed by atoms with van der Waals surface area (Å²) in [5.74, 6) is -2.67. The van der Waals surface area contributed by atoms with Gasteiger partial charge in [0.15, 0.2) is 11.9 Å². The van der Waals surface area contributed by atoms with E-state index in [0.29, 0.717) is 24.1 Å². The number of nitrogens with two attached hydrogens (primary N) is 1. The lowest BCUT2D eigenvalue weighted by Crippen LogP contribution is -2.51. The van der Waals surface area contributed by atoms with Gasteiger partial charge in [0.2, 0.25) is 5.60 Å². The maximum Gasteiger partial charge on any atom is 0.459 e. The fourth-order valence-corrected chi connectivity index (χ4v) is 9.02. The third-order valence-electron chi connectivity index (χ3n) is 10.5. The highest BCUT2D eigenvalue weighted by atomic mass is 31.2. The number of carbonyl (C=O) groups excluding carboxylic acids is 3. The van der Waals surface area contributed by atoms with Crippen molar-refractivity contribution in [1.82, 2.24) is 19.7 Å². The SMILES string of the molecule is CC(C)C(=O)OC1C(C)(c2ccc3c(N)ncnn23)OC2C(OP(=O)(NC(C)C(=O)OC3CC(C)(C)C3)Oc3ccc(C(C)(C)C)cc3)C21OC(=O)C(C)C. The normalized spacial score (nSPS) is 27.5. The summed E-state index contributed by atoms with van der Waals surface area (Å²) in [6.45, 7) is 20.2. The van der Waals surface area contributed by atoms with Crippen molar-refractivity contribution in [2.75, 3.05) is 5.73 Å². The predicted octanol–water partition coefficient (Wildman–Crippen LogP) is 6.02. The van der Waals surface area contributed by atoms with Crippen LogP contribution in [-0.2, 0) is 53.4 Å². The minimum atomic E-state index is -4.56. The van der Waals surface area contributed by atoms with Crippen molar-refractivity contribution in [3.63, 3.8) is 0 Å².